The van der Waals surface area contributed by atoms with Gasteiger partial charge in [-0.1, -0.05) is 6.92 Å². The van der Waals surface area contributed by atoms with E-state index in [0.717, 1.165) is 12.1 Å². The van der Waals surface area contributed by atoms with Crippen LogP contribution in [-0.4, -0.2) is 28.4 Å². The van der Waals surface area contributed by atoms with Gasteiger partial charge in [-0.15, -0.1) is 0 Å². The van der Waals surface area contributed by atoms with Gasteiger partial charge in [0.05, 0.1) is 37.5 Å². The average molecular weight is 184 g/mol. The lowest BCUT2D eigenvalue weighted by Crippen LogP contribution is -2.15. The van der Waals surface area contributed by atoms with Crippen LogP contribution in [0.1, 0.15) is 25.1 Å². The molecule has 0 saturated heterocycles. The molecule has 1 aromatic rings. The summed E-state index contributed by atoms with van der Waals surface area (Å²) in [4.78, 5) is 3.99. The van der Waals surface area contributed by atoms with E-state index in [9.17, 15) is 0 Å². The number of aliphatic hydroxyl groups is 1. The summed E-state index contributed by atoms with van der Waals surface area (Å²) in [6, 6.07) is 0.273. The molecule has 1 rings (SSSR count). The second kappa shape index (κ2) is 4.99. The van der Waals surface area contributed by atoms with Crippen molar-refractivity contribution in [1.82, 2.24) is 9.55 Å². The van der Waals surface area contributed by atoms with Crippen LogP contribution in [-0.2, 0) is 11.3 Å². The summed E-state index contributed by atoms with van der Waals surface area (Å²) < 4.78 is 7.05. The van der Waals surface area contributed by atoms with Gasteiger partial charge in [0.2, 0.25) is 0 Å². The molecule has 1 unspecified atom stereocenters. The maximum absolute atomic E-state index is 9.02. The lowest BCUT2D eigenvalue weighted by atomic mass is 10.2. The molecule has 0 aliphatic carbocycles. The van der Waals surface area contributed by atoms with Crippen LogP contribution < -0.4 is 0 Å². The van der Waals surface area contributed by atoms with Crippen LogP contribution in [0.25, 0.3) is 0 Å². The van der Waals surface area contributed by atoms with E-state index in [1.54, 1.807) is 19.6 Å². The normalized spacial score (nSPS) is 13.2. The van der Waals surface area contributed by atoms with Crippen LogP contribution in [0.2, 0.25) is 0 Å². The lowest BCUT2D eigenvalue weighted by Gasteiger charge is -2.17. The van der Waals surface area contributed by atoms with Crippen LogP contribution >= 0.6 is 0 Å². The van der Waals surface area contributed by atoms with E-state index in [4.69, 9.17) is 9.84 Å². The third-order valence-electron chi connectivity index (χ3n) is 2.13. The number of aromatic nitrogens is 2. The molecule has 4 heteroatoms. The van der Waals surface area contributed by atoms with E-state index in [1.165, 1.54) is 0 Å². The van der Waals surface area contributed by atoms with Crippen molar-refractivity contribution in [1.29, 1.82) is 0 Å². The maximum atomic E-state index is 9.02. The Balaban J connectivity index is 2.77. The van der Waals surface area contributed by atoms with E-state index >= 15 is 0 Å². The van der Waals surface area contributed by atoms with Crippen molar-refractivity contribution in [3.63, 3.8) is 0 Å². The van der Waals surface area contributed by atoms with Gasteiger partial charge in [-0.05, 0) is 6.42 Å². The highest BCUT2D eigenvalue weighted by molar-refractivity contribution is 4.98. The third kappa shape index (κ3) is 2.29. The zero-order valence-corrected chi connectivity index (χ0v) is 8.10. The van der Waals surface area contributed by atoms with Gasteiger partial charge in [0.1, 0.15) is 0 Å². The number of rotatable bonds is 5. The van der Waals surface area contributed by atoms with Gasteiger partial charge >= 0.3 is 0 Å². The van der Waals surface area contributed by atoms with Gasteiger partial charge in [-0.25, -0.2) is 4.98 Å². The van der Waals surface area contributed by atoms with Gasteiger partial charge in [-0.2, -0.15) is 0 Å². The molecular weight excluding hydrogens is 168 g/mol. The number of ether oxygens (including phenoxy) is 1. The fourth-order valence-corrected chi connectivity index (χ4v) is 1.37. The molecule has 0 fully saturated rings. The molecule has 0 aromatic carbocycles. The van der Waals surface area contributed by atoms with Gasteiger partial charge in [0, 0.05) is 7.11 Å². The number of nitrogens with zero attached hydrogens (tertiary/aromatic N) is 2. The molecule has 0 bridgehead atoms. The summed E-state index contributed by atoms with van der Waals surface area (Å²) >= 11 is 0. The summed E-state index contributed by atoms with van der Waals surface area (Å²) in [5.74, 6) is 0. The van der Waals surface area contributed by atoms with Crippen molar-refractivity contribution in [3.05, 3.63) is 18.2 Å². The van der Waals surface area contributed by atoms with Gasteiger partial charge < -0.3 is 14.4 Å². The molecule has 0 spiro atoms. The Bertz CT molecular complexity index is 248. The SMILES string of the molecule is CCC(COC)n1cncc1CO. The molecule has 4 nitrogen and oxygen atoms in total. The van der Waals surface area contributed by atoms with Gasteiger partial charge in [0.15, 0.2) is 0 Å². The fourth-order valence-electron chi connectivity index (χ4n) is 1.37. The minimum absolute atomic E-state index is 0.0280. The average Bonchev–Trinajstić information content (AvgIpc) is 2.61. The highest BCUT2D eigenvalue weighted by Gasteiger charge is 2.11. The minimum Gasteiger partial charge on any atom is -0.390 e. The van der Waals surface area contributed by atoms with Crippen LogP contribution in [0.15, 0.2) is 12.5 Å². The van der Waals surface area contributed by atoms with Gasteiger partial charge in [0.25, 0.3) is 0 Å². The Labute approximate surface area is 78.2 Å². The van der Waals surface area contributed by atoms with Gasteiger partial charge in [-0.3, -0.25) is 0 Å². The van der Waals surface area contributed by atoms with Crippen molar-refractivity contribution in [2.24, 2.45) is 0 Å². The molecule has 0 radical (unpaired) electrons. The first kappa shape index (κ1) is 10.2. The first-order chi connectivity index (χ1) is 6.33. The van der Waals surface area contributed by atoms with E-state index in [1.807, 2.05) is 4.57 Å². The summed E-state index contributed by atoms with van der Waals surface area (Å²) in [5, 5.41) is 9.02. The number of imidazole rings is 1. The lowest BCUT2D eigenvalue weighted by molar-refractivity contribution is 0.148. The van der Waals surface area contributed by atoms with Crippen LogP contribution in [0.4, 0.5) is 0 Å². The van der Waals surface area contributed by atoms with E-state index in [0.29, 0.717) is 6.61 Å². The van der Waals surface area contributed by atoms with Crippen molar-refractivity contribution in [2.45, 2.75) is 26.0 Å². The predicted molar refractivity (Wildman–Crippen MR) is 49.4 cm³/mol. The smallest absolute Gasteiger partial charge is 0.0952 e. The Morgan fingerprint density at radius 3 is 3.00 bits per heavy atom. The molecule has 1 atom stereocenters. The molecule has 1 N–H and O–H groups in total. The van der Waals surface area contributed by atoms with Crippen LogP contribution in [0.3, 0.4) is 0 Å². The molecule has 1 heterocycles. The zero-order chi connectivity index (χ0) is 9.68. The fraction of sp³-hybridized carbons (Fsp3) is 0.667. The van der Waals surface area contributed by atoms with Crippen molar-refractivity contribution in [3.8, 4) is 0 Å². The van der Waals surface area contributed by atoms with Crippen LogP contribution in [0.5, 0.6) is 0 Å². The Kier molecular flexibility index (Phi) is 3.92. The molecule has 0 aliphatic rings. The standard InChI is InChI=1S/C9H16N2O2/c1-3-8(6-13-2)11-7-10-4-9(11)5-12/h4,7-8,12H,3,5-6H2,1-2H3. The summed E-state index contributed by atoms with van der Waals surface area (Å²) in [6.45, 7) is 2.77. The monoisotopic (exact) mass is 184 g/mol. The van der Waals surface area contributed by atoms with E-state index in [2.05, 4.69) is 11.9 Å². The molecule has 74 valence electrons. The Morgan fingerprint density at radius 1 is 1.69 bits per heavy atom. The topological polar surface area (TPSA) is 47.3 Å². The second-order valence-electron chi connectivity index (χ2n) is 2.97. The third-order valence-corrected chi connectivity index (χ3v) is 2.13. The van der Waals surface area contributed by atoms with Crippen molar-refractivity contribution >= 4 is 0 Å². The summed E-state index contributed by atoms with van der Waals surface area (Å²) in [7, 11) is 1.68. The number of methoxy groups -OCH3 is 1. The minimum atomic E-state index is 0.0280. The van der Waals surface area contributed by atoms with Crippen molar-refractivity contribution < 1.29 is 9.84 Å². The van der Waals surface area contributed by atoms with E-state index in [-0.39, 0.29) is 12.6 Å². The quantitative estimate of drug-likeness (QED) is 0.741. The molecule has 0 amide bonds. The molecular formula is C9H16N2O2. The van der Waals surface area contributed by atoms with Crippen LogP contribution in [0, 0.1) is 0 Å². The number of aliphatic hydroxyl groups excluding tert-OH is 1. The maximum Gasteiger partial charge on any atom is 0.0952 e. The summed E-state index contributed by atoms with van der Waals surface area (Å²) in [5.41, 5.74) is 0.837. The Hall–Kier alpha value is -0.870. The largest absolute Gasteiger partial charge is 0.390 e. The number of hydrogen-bond donors (Lipinski definition) is 1. The molecule has 0 aliphatic heterocycles. The highest BCUT2D eigenvalue weighted by atomic mass is 16.5. The molecule has 1 aromatic heterocycles. The molecule has 0 saturated carbocycles. The second-order valence-corrected chi connectivity index (χ2v) is 2.97. The summed E-state index contributed by atoms with van der Waals surface area (Å²) in [6.07, 6.45) is 4.38. The number of hydrogen-bond acceptors (Lipinski definition) is 3. The molecule has 13 heavy (non-hydrogen) atoms. The highest BCUT2D eigenvalue weighted by Crippen LogP contribution is 2.14. The first-order valence-corrected chi connectivity index (χ1v) is 4.44. The predicted octanol–water partition coefficient (Wildman–Crippen LogP) is 0.973. The Morgan fingerprint density at radius 2 is 2.46 bits per heavy atom. The first-order valence-electron chi connectivity index (χ1n) is 4.44. The zero-order valence-electron chi connectivity index (χ0n) is 8.10. The van der Waals surface area contributed by atoms with E-state index < -0.39 is 0 Å². The van der Waals surface area contributed by atoms with Crippen molar-refractivity contribution in [2.75, 3.05) is 13.7 Å².